The lowest BCUT2D eigenvalue weighted by Gasteiger charge is -2.29. The van der Waals surface area contributed by atoms with Gasteiger partial charge in [-0.3, -0.25) is 0 Å². The van der Waals surface area contributed by atoms with Crippen LogP contribution in [0.25, 0.3) is 0 Å². The number of ether oxygens (including phenoxy) is 2. The van der Waals surface area contributed by atoms with E-state index in [0.717, 1.165) is 24.0 Å². The first kappa shape index (κ1) is 16.2. The van der Waals surface area contributed by atoms with Crippen LogP contribution >= 0.6 is 0 Å². The molecule has 118 valence electrons. The number of methoxy groups -OCH3 is 2. The molecule has 1 unspecified atom stereocenters. The number of hydrogen-bond donors (Lipinski definition) is 1. The van der Waals surface area contributed by atoms with Gasteiger partial charge in [0.1, 0.15) is 11.5 Å². The van der Waals surface area contributed by atoms with Gasteiger partial charge in [0.2, 0.25) is 0 Å². The number of rotatable bonds is 7. The number of hydrogen-bond acceptors (Lipinski definition) is 3. The molecule has 1 aliphatic carbocycles. The summed E-state index contributed by atoms with van der Waals surface area (Å²) in [6.45, 7) is 3.12. The third kappa shape index (κ3) is 4.13. The molecule has 1 atom stereocenters. The SMILES string of the molecule is CCNC(CC1CCCCC1)c1c(OC)cccc1OC. The van der Waals surface area contributed by atoms with Crippen molar-refractivity contribution >= 4 is 0 Å². The standard InChI is InChI=1S/C18H29NO2/c1-4-19-15(13-14-9-6-5-7-10-14)18-16(20-2)11-8-12-17(18)21-3/h8,11-12,14-15,19H,4-7,9-10,13H2,1-3H3. The fourth-order valence-corrected chi connectivity index (χ4v) is 3.53. The van der Waals surface area contributed by atoms with Gasteiger partial charge >= 0.3 is 0 Å². The van der Waals surface area contributed by atoms with Crippen LogP contribution in [0.2, 0.25) is 0 Å². The highest BCUT2D eigenvalue weighted by Gasteiger charge is 2.24. The highest BCUT2D eigenvalue weighted by atomic mass is 16.5. The summed E-state index contributed by atoms with van der Waals surface area (Å²) in [5.74, 6) is 2.67. The summed E-state index contributed by atoms with van der Waals surface area (Å²) in [5, 5.41) is 3.64. The van der Waals surface area contributed by atoms with Crippen LogP contribution in [0, 0.1) is 5.92 Å². The van der Waals surface area contributed by atoms with Crippen LogP contribution in [0.5, 0.6) is 11.5 Å². The van der Waals surface area contributed by atoms with E-state index < -0.39 is 0 Å². The van der Waals surface area contributed by atoms with Crippen molar-refractivity contribution in [3.05, 3.63) is 23.8 Å². The first-order valence-corrected chi connectivity index (χ1v) is 8.24. The molecular formula is C18H29NO2. The molecule has 0 saturated heterocycles. The van der Waals surface area contributed by atoms with E-state index in [1.54, 1.807) is 14.2 Å². The third-order valence-corrected chi connectivity index (χ3v) is 4.56. The molecular weight excluding hydrogens is 262 g/mol. The van der Waals surface area contributed by atoms with Crippen LogP contribution in [0.15, 0.2) is 18.2 Å². The van der Waals surface area contributed by atoms with Crippen molar-refractivity contribution in [2.75, 3.05) is 20.8 Å². The van der Waals surface area contributed by atoms with Crippen LogP contribution < -0.4 is 14.8 Å². The first-order chi connectivity index (χ1) is 10.3. The summed E-state index contributed by atoms with van der Waals surface area (Å²) in [6.07, 6.45) is 8.06. The molecule has 1 aromatic rings. The van der Waals surface area contributed by atoms with Crippen molar-refractivity contribution in [3.63, 3.8) is 0 Å². The van der Waals surface area contributed by atoms with Gasteiger partial charge in [0.05, 0.1) is 19.8 Å². The van der Waals surface area contributed by atoms with Crippen LogP contribution in [0.3, 0.4) is 0 Å². The van der Waals surface area contributed by atoms with Crippen LogP contribution in [0.4, 0.5) is 0 Å². The van der Waals surface area contributed by atoms with Crippen LogP contribution in [-0.2, 0) is 0 Å². The molecule has 0 spiro atoms. The lowest BCUT2D eigenvalue weighted by molar-refractivity contribution is 0.291. The predicted octanol–water partition coefficient (Wildman–Crippen LogP) is 4.32. The van der Waals surface area contributed by atoms with Crippen molar-refractivity contribution in [3.8, 4) is 11.5 Å². The largest absolute Gasteiger partial charge is 0.496 e. The zero-order valence-electron chi connectivity index (χ0n) is 13.7. The Morgan fingerprint density at radius 3 is 2.24 bits per heavy atom. The van der Waals surface area contributed by atoms with E-state index in [0.29, 0.717) is 6.04 Å². The molecule has 0 heterocycles. The molecule has 0 aliphatic heterocycles. The molecule has 1 fully saturated rings. The van der Waals surface area contributed by atoms with Crippen LogP contribution in [0.1, 0.15) is 57.1 Å². The second-order valence-corrected chi connectivity index (χ2v) is 5.93. The van der Waals surface area contributed by atoms with E-state index in [1.165, 1.54) is 44.1 Å². The quantitative estimate of drug-likeness (QED) is 0.811. The Kier molecular flexibility index (Phi) is 6.37. The Morgan fingerprint density at radius 2 is 1.71 bits per heavy atom. The molecule has 21 heavy (non-hydrogen) atoms. The van der Waals surface area contributed by atoms with E-state index in [4.69, 9.17) is 9.47 Å². The second kappa shape index (κ2) is 8.28. The summed E-state index contributed by atoms with van der Waals surface area (Å²) >= 11 is 0. The fraction of sp³-hybridized carbons (Fsp3) is 0.667. The Hall–Kier alpha value is -1.22. The van der Waals surface area contributed by atoms with Crippen molar-refractivity contribution in [1.82, 2.24) is 5.32 Å². The summed E-state index contributed by atoms with van der Waals surface area (Å²) in [7, 11) is 3.48. The minimum Gasteiger partial charge on any atom is -0.496 e. The number of benzene rings is 1. The minimum atomic E-state index is 0.309. The van der Waals surface area contributed by atoms with E-state index >= 15 is 0 Å². The zero-order chi connectivity index (χ0) is 15.1. The first-order valence-electron chi connectivity index (χ1n) is 8.24. The van der Waals surface area contributed by atoms with Gasteiger partial charge in [-0.25, -0.2) is 0 Å². The molecule has 3 heteroatoms. The van der Waals surface area contributed by atoms with Gasteiger partial charge in [-0.15, -0.1) is 0 Å². The van der Waals surface area contributed by atoms with Crippen molar-refractivity contribution < 1.29 is 9.47 Å². The van der Waals surface area contributed by atoms with Crippen molar-refractivity contribution in [2.24, 2.45) is 5.92 Å². The molecule has 0 amide bonds. The summed E-state index contributed by atoms with van der Waals surface area (Å²) in [6, 6.07) is 6.36. The predicted molar refractivity (Wildman–Crippen MR) is 87.2 cm³/mol. The third-order valence-electron chi connectivity index (χ3n) is 4.56. The molecule has 3 nitrogen and oxygen atoms in total. The lowest BCUT2D eigenvalue weighted by atomic mass is 9.83. The van der Waals surface area contributed by atoms with E-state index in [-0.39, 0.29) is 0 Å². The topological polar surface area (TPSA) is 30.5 Å². The van der Waals surface area contributed by atoms with Gasteiger partial charge < -0.3 is 14.8 Å². The van der Waals surface area contributed by atoms with E-state index in [2.05, 4.69) is 12.2 Å². The molecule has 0 radical (unpaired) electrons. The zero-order valence-corrected chi connectivity index (χ0v) is 13.7. The molecule has 2 rings (SSSR count). The Labute approximate surface area is 129 Å². The average molecular weight is 291 g/mol. The van der Waals surface area contributed by atoms with Gasteiger partial charge in [-0.05, 0) is 31.0 Å². The normalized spacial score (nSPS) is 17.5. The van der Waals surface area contributed by atoms with Gasteiger partial charge in [0.25, 0.3) is 0 Å². The van der Waals surface area contributed by atoms with Gasteiger partial charge in [0, 0.05) is 6.04 Å². The maximum absolute atomic E-state index is 5.58. The molecule has 1 saturated carbocycles. The van der Waals surface area contributed by atoms with E-state index in [1.807, 2.05) is 18.2 Å². The summed E-state index contributed by atoms with van der Waals surface area (Å²) in [5.41, 5.74) is 1.18. The Bertz CT molecular complexity index is 405. The smallest absolute Gasteiger partial charge is 0.127 e. The van der Waals surface area contributed by atoms with Crippen molar-refractivity contribution in [1.29, 1.82) is 0 Å². The second-order valence-electron chi connectivity index (χ2n) is 5.93. The Balaban J connectivity index is 2.23. The highest BCUT2D eigenvalue weighted by Crippen LogP contribution is 2.39. The maximum Gasteiger partial charge on any atom is 0.127 e. The van der Waals surface area contributed by atoms with Gasteiger partial charge in [-0.2, -0.15) is 0 Å². The monoisotopic (exact) mass is 291 g/mol. The summed E-state index contributed by atoms with van der Waals surface area (Å²) in [4.78, 5) is 0. The van der Waals surface area contributed by atoms with Gasteiger partial charge in [0.15, 0.2) is 0 Å². The minimum absolute atomic E-state index is 0.309. The molecule has 0 bridgehead atoms. The lowest BCUT2D eigenvalue weighted by Crippen LogP contribution is -2.25. The highest BCUT2D eigenvalue weighted by molar-refractivity contribution is 5.47. The average Bonchev–Trinajstić information content (AvgIpc) is 2.54. The molecule has 0 aromatic heterocycles. The Morgan fingerprint density at radius 1 is 1.10 bits per heavy atom. The molecule has 1 aromatic carbocycles. The van der Waals surface area contributed by atoms with Gasteiger partial charge in [-0.1, -0.05) is 45.1 Å². The fourth-order valence-electron chi connectivity index (χ4n) is 3.53. The van der Waals surface area contributed by atoms with Crippen LogP contribution in [-0.4, -0.2) is 20.8 Å². The van der Waals surface area contributed by atoms with E-state index in [9.17, 15) is 0 Å². The van der Waals surface area contributed by atoms with Crippen molar-refractivity contribution in [2.45, 2.75) is 51.5 Å². The molecule has 1 aliphatic rings. The molecule has 1 N–H and O–H groups in total. The number of nitrogens with one attached hydrogen (secondary N) is 1. The summed E-state index contributed by atoms with van der Waals surface area (Å²) < 4.78 is 11.2. The maximum atomic E-state index is 5.58.